The predicted molar refractivity (Wildman–Crippen MR) is 95.3 cm³/mol. The van der Waals surface area contributed by atoms with Crippen LogP contribution in [0.3, 0.4) is 0 Å². The second-order valence-electron chi connectivity index (χ2n) is 6.92. The SMILES string of the molecule is CCCCOC(=O)c1cccc(CC(C)C)c1C(=O)OCC(C)C. The number of unbranched alkanes of at least 4 members (excludes halogenated alkanes) is 1. The van der Waals surface area contributed by atoms with Crippen molar-refractivity contribution in [3.05, 3.63) is 34.9 Å². The molecule has 0 aliphatic carbocycles. The normalized spacial score (nSPS) is 11.0. The van der Waals surface area contributed by atoms with E-state index >= 15 is 0 Å². The van der Waals surface area contributed by atoms with Crippen molar-refractivity contribution in [3.8, 4) is 0 Å². The Kier molecular flexibility index (Phi) is 8.51. The molecule has 24 heavy (non-hydrogen) atoms. The third-order valence-corrected chi connectivity index (χ3v) is 3.48. The Balaban J connectivity index is 3.12. The number of ether oxygens (including phenoxy) is 2. The van der Waals surface area contributed by atoms with Crippen LogP contribution in [-0.4, -0.2) is 25.2 Å². The number of hydrogen-bond donors (Lipinski definition) is 0. The first-order valence-electron chi connectivity index (χ1n) is 8.82. The van der Waals surface area contributed by atoms with Crippen molar-refractivity contribution in [2.24, 2.45) is 11.8 Å². The summed E-state index contributed by atoms with van der Waals surface area (Å²) in [6, 6.07) is 5.33. The molecule has 1 aromatic rings. The Labute approximate surface area is 145 Å². The molecule has 0 bridgehead atoms. The summed E-state index contributed by atoms with van der Waals surface area (Å²) < 4.78 is 10.7. The van der Waals surface area contributed by atoms with E-state index in [0.29, 0.717) is 36.7 Å². The molecule has 0 saturated carbocycles. The number of benzene rings is 1. The molecule has 1 aromatic carbocycles. The Bertz CT molecular complexity index is 547. The van der Waals surface area contributed by atoms with Crippen LogP contribution < -0.4 is 0 Å². The van der Waals surface area contributed by atoms with E-state index in [1.165, 1.54) is 0 Å². The second kappa shape index (κ2) is 10.1. The molecule has 0 radical (unpaired) electrons. The summed E-state index contributed by atoms with van der Waals surface area (Å²) in [4.78, 5) is 25.0. The molecule has 0 spiro atoms. The minimum atomic E-state index is -0.453. The van der Waals surface area contributed by atoms with Crippen LogP contribution in [0.15, 0.2) is 18.2 Å². The maximum Gasteiger partial charge on any atom is 0.339 e. The van der Waals surface area contributed by atoms with Gasteiger partial charge in [0.1, 0.15) is 0 Å². The molecule has 4 heteroatoms. The van der Waals surface area contributed by atoms with Crippen molar-refractivity contribution in [1.82, 2.24) is 0 Å². The van der Waals surface area contributed by atoms with Crippen LogP contribution in [-0.2, 0) is 15.9 Å². The standard InChI is InChI=1S/C20H30O4/c1-6-7-11-23-19(21)17-10-8-9-16(12-14(2)3)18(17)20(22)24-13-15(4)5/h8-10,14-15H,6-7,11-13H2,1-5H3. The van der Waals surface area contributed by atoms with Crippen LogP contribution in [0.25, 0.3) is 0 Å². The maximum absolute atomic E-state index is 12.6. The Morgan fingerprint density at radius 3 is 2.29 bits per heavy atom. The Morgan fingerprint density at radius 2 is 1.71 bits per heavy atom. The highest BCUT2D eigenvalue weighted by Gasteiger charge is 2.23. The number of rotatable bonds is 9. The summed E-state index contributed by atoms with van der Waals surface area (Å²) in [5.74, 6) is -0.285. The van der Waals surface area contributed by atoms with Gasteiger partial charge in [0.15, 0.2) is 0 Å². The third kappa shape index (κ3) is 6.34. The maximum atomic E-state index is 12.6. The lowest BCUT2D eigenvalue weighted by Crippen LogP contribution is -2.19. The Morgan fingerprint density at radius 1 is 1.00 bits per heavy atom. The van der Waals surface area contributed by atoms with E-state index in [4.69, 9.17) is 9.47 Å². The first-order valence-corrected chi connectivity index (χ1v) is 8.82. The van der Waals surface area contributed by atoms with Crippen LogP contribution in [0.2, 0.25) is 0 Å². The fourth-order valence-corrected chi connectivity index (χ4v) is 2.32. The molecule has 134 valence electrons. The van der Waals surface area contributed by atoms with Crippen molar-refractivity contribution in [1.29, 1.82) is 0 Å². The highest BCUT2D eigenvalue weighted by atomic mass is 16.5. The lowest BCUT2D eigenvalue weighted by molar-refractivity contribution is 0.0426. The van der Waals surface area contributed by atoms with Gasteiger partial charge in [-0.05, 0) is 36.3 Å². The van der Waals surface area contributed by atoms with Gasteiger partial charge in [-0.25, -0.2) is 9.59 Å². The van der Waals surface area contributed by atoms with E-state index in [9.17, 15) is 9.59 Å². The number of hydrogen-bond acceptors (Lipinski definition) is 4. The quantitative estimate of drug-likeness (QED) is 0.487. The van der Waals surface area contributed by atoms with Gasteiger partial charge >= 0.3 is 11.9 Å². The van der Waals surface area contributed by atoms with E-state index in [2.05, 4.69) is 13.8 Å². The zero-order valence-corrected chi connectivity index (χ0v) is 15.6. The lowest BCUT2D eigenvalue weighted by atomic mass is 9.94. The van der Waals surface area contributed by atoms with Gasteiger partial charge in [-0.3, -0.25) is 0 Å². The van der Waals surface area contributed by atoms with Crippen molar-refractivity contribution >= 4 is 11.9 Å². The first-order chi connectivity index (χ1) is 11.4. The van der Waals surface area contributed by atoms with Crippen LogP contribution in [0, 0.1) is 11.8 Å². The molecule has 0 aliphatic heterocycles. The van der Waals surface area contributed by atoms with Gasteiger partial charge in [0.25, 0.3) is 0 Å². The molecule has 0 aromatic heterocycles. The molecule has 0 saturated heterocycles. The summed E-state index contributed by atoms with van der Waals surface area (Å²) in [6.07, 6.45) is 2.47. The monoisotopic (exact) mass is 334 g/mol. The number of carbonyl (C=O) groups is 2. The van der Waals surface area contributed by atoms with Gasteiger partial charge in [0, 0.05) is 0 Å². The fourth-order valence-electron chi connectivity index (χ4n) is 2.32. The molecule has 1 rings (SSSR count). The number of carbonyl (C=O) groups excluding carboxylic acids is 2. The largest absolute Gasteiger partial charge is 0.462 e. The van der Waals surface area contributed by atoms with Gasteiger partial charge in [-0.1, -0.05) is 53.2 Å². The molecule has 0 atom stereocenters. The second-order valence-corrected chi connectivity index (χ2v) is 6.92. The van der Waals surface area contributed by atoms with E-state index in [0.717, 1.165) is 18.4 Å². The zero-order valence-electron chi connectivity index (χ0n) is 15.6. The topological polar surface area (TPSA) is 52.6 Å². The molecule has 0 fully saturated rings. The van der Waals surface area contributed by atoms with Crippen molar-refractivity contribution in [2.75, 3.05) is 13.2 Å². The predicted octanol–water partition coefficient (Wildman–Crippen LogP) is 4.65. The summed E-state index contributed by atoms with van der Waals surface area (Å²) >= 11 is 0. The minimum Gasteiger partial charge on any atom is -0.462 e. The van der Waals surface area contributed by atoms with E-state index in [1.807, 2.05) is 26.8 Å². The zero-order chi connectivity index (χ0) is 18.1. The fraction of sp³-hybridized carbons (Fsp3) is 0.600. The number of esters is 2. The molecule has 0 unspecified atom stereocenters. The smallest absolute Gasteiger partial charge is 0.339 e. The third-order valence-electron chi connectivity index (χ3n) is 3.48. The van der Waals surface area contributed by atoms with Crippen LogP contribution >= 0.6 is 0 Å². The van der Waals surface area contributed by atoms with Crippen LogP contribution in [0.1, 0.15) is 73.7 Å². The van der Waals surface area contributed by atoms with Crippen molar-refractivity contribution in [3.63, 3.8) is 0 Å². The summed E-state index contributed by atoms with van der Waals surface area (Å²) in [5, 5.41) is 0. The Hall–Kier alpha value is -1.84. The molecule has 0 heterocycles. The average Bonchev–Trinajstić information content (AvgIpc) is 2.52. The summed E-state index contributed by atoms with van der Waals surface area (Å²) in [5.41, 5.74) is 1.50. The van der Waals surface area contributed by atoms with Crippen LogP contribution in [0.4, 0.5) is 0 Å². The van der Waals surface area contributed by atoms with Gasteiger partial charge in [-0.15, -0.1) is 0 Å². The molecule has 0 amide bonds. The van der Waals surface area contributed by atoms with Gasteiger partial charge in [0.05, 0.1) is 24.3 Å². The lowest BCUT2D eigenvalue weighted by Gasteiger charge is -2.16. The highest BCUT2D eigenvalue weighted by molar-refractivity contribution is 6.04. The summed E-state index contributed by atoms with van der Waals surface area (Å²) in [7, 11) is 0. The molecular formula is C20H30O4. The highest BCUT2D eigenvalue weighted by Crippen LogP contribution is 2.21. The van der Waals surface area contributed by atoms with Gasteiger partial charge in [-0.2, -0.15) is 0 Å². The average molecular weight is 334 g/mol. The molecule has 4 nitrogen and oxygen atoms in total. The van der Waals surface area contributed by atoms with E-state index < -0.39 is 11.9 Å². The van der Waals surface area contributed by atoms with Crippen LogP contribution in [0.5, 0.6) is 0 Å². The first kappa shape index (κ1) is 20.2. The van der Waals surface area contributed by atoms with Gasteiger partial charge in [0.2, 0.25) is 0 Å². The van der Waals surface area contributed by atoms with Crippen molar-refractivity contribution in [2.45, 2.75) is 53.9 Å². The van der Waals surface area contributed by atoms with E-state index in [1.54, 1.807) is 12.1 Å². The van der Waals surface area contributed by atoms with Gasteiger partial charge < -0.3 is 9.47 Å². The molecule has 0 N–H and O–H groups in total. The minimum absolute atomic E-state index is 0.242. The van der Waals surface area contributed by atoms with Crippen molar-refractivity contribution < 1.29 is 19.1 Å². The molecular weight excluding hydrogens is 304 g/mol. The van der Waals surface area contributed by atoms with E-state index in [-0.39, 0.29) is 5.92 Å². The molecule has 0 aliphatic rings. The summed E-state index contributed by atoms with van der Waals surface area (Å²) in [6.45, 7) is 10.8.